The molecule has 112 valence electrons. The molecule has 1 heterocycles. The molecule has 0 saturated carbocycles. The number of nitrogens with one attached hydrogen (secondary N) is 1. The van der Waals surface area contributed by atoms with Crippen molar-refractivity contribution in [2.24, 2.45) is 5.73 Å². The zero-order chi connectivity index (χ0) is 15.2. The van der Waals surface area contributed by atoms with Crippen molar-refractivity contribution < 1.29 is 9.53 Å². The molecule has 0 atom stereocenters. The van der Waals surface area contributed by atoms with Gasteiger partial charge in [-0.15, -0.1) is 0 Å². The first-order valence-electron chi connectivity index (χ1n) is 6.86. The number of benzene rings is 1. The topological polar surface area (TPSA) is 77.2 Å². The summed E-state index contributed by atoms with van der Waals surface area (Å²) in [5, 5.41) is 4.16. The van der Waals surface area contributed by atoms with E-state index >= 15 is 0 Å². The number of nitrogens with zero attached hydrogens (tertiary/aromatic N) is 1. The molecule has 1 aromatic heterocycles. The quantitative estimate of drug-likeness (QED) is 0.617. The number of halogens is 1. The van der Waals surface area contributed by atoms with Crippen LogP contribution < -0.4 is 11.1 Å². The number of hydrogen-bond acceptors (Lipinski definition) is 5. The molecule has 0 amide bonds. The first-order chi connectivity index (χ1) is 10.2. The maximum Gasteiger partial charge on any atom is 0.341 e. The van der Waals surface area contributed by atoms with E-state index in [1.54, 1.807) is 13.1 Å². The van der Waals surface area contributed by atoms with Crippen molar-refractivity contribution in [2.75, 3.05) is 25.0 Å². The summed E-state index contributed by atoms with van der Waals surface area (Å²) in [5.74, 6) is -0.373. The molecule has 2 aromatic rings. The fraction of sp³-hybridized carbons (Fsp3) is 0.333. The second kappa shape index (κ2) is 7.38. The van der Waals surface area contributed by atoms with Gasteiger partial charge in [0.2, 0.25) is 0 Å². The number of carbonyl (C=O) groups is 1. The molecule has 0 radical (unpaired) electrons. The van der Waals surface area contributed by atoms with Crippen LogP contribution in [0.3, 0.4) is 0 Å². The van der Waals surface area contributed by atoms with E-state index in [4.69, 9.17) is 10.5 Å². The van der Waals surface area contributed by atoms with Crippen LogP contribution in [-0.4, -0.2) is 30.6 Å². The Morgan fingerprint density at radius 1 is 1.48 bits per heavy atom. The molecule has 2 rings (SSSR count). The maximum absolute atomic E-state index is 12.1. The number of carbonyl (C=O) groups excluding carboxylic acids is 1. The van der Waals surface area contributed by atoms with Gasteiger partial charge in [0.05, 0.1) is 17.8 Å². The minimum absolute atomic E-state index is 0.331. The molecule has 0 aliphatic rings. The van der Waals surface area contributed by atoms with Crippen LogP contribution in [0.15, 0.2) is 28.9 Å². The van der Waals surface area contributed by atoms with Gasteiger partial charge < -0.3 is 15.8 Å². The molecular weight excluding hydrogens is 334 g/mol. The highest BCUT2D eigenvalue weighted by Crippen LogP contribution is 2.29. The monoisotopic (exact) mass is 351 g/mol. The van der Waals surface area contributed by atoms with Crippen molar-refractivity contribution in [2.45, 2.75) is 13.3 Å². The van der Waals surface area contributed by atoms with Crippen molar-refractivity contribution >= 4 is 38.5 Å². The molecule has 1 aromatic carbocycles. The number of ether oxygens (including phenoxy) is 1. The number of anilines is 1. The number of esters is 1. The fourth-order valence-electron chi connectivity index (χ4n) is 2.03. The molecule has 21 heavy (non-hydrogen) atoms. The van der Waals surface area contributed by atoms with Gasteiger partial charge in [-0.25, -0.2) is 4.79 Å². The molecule has 0 fully saturated rings. The normalized spacial score (nSPS) is 10.6. The number of rotatable bonds is 6. The Labute approximate surface area is 132 Å². The van der Waals surface area contributed by atoms with Gasteiger partial charge in [-0.1, -0.05) is 15.9 Å². The minimum Gasteiger partial charge on any atom is -0.462 e. The van der Waals surface area contributed by atoms with Crippen molar-refractivity contribution in [1.82, 2.24) is 4.98 Å². The lowest BCUT2D eigenvalue weighted by atomic mass is 10.1. The van der Waals surface area contributed by atoms with E-state index in [0.29, 0.717) is 25.3 Å². The minimum atomic E-state index is -0.373. The number of pyridine rings is 1. The van der Waals surface area contributed by atoms with Crippen LogP contribution in [0.1, 0.15) is 23.7 Å². The summed E-state index contributed by atoms with van der Waals surface area (Å²) in [6.07, 6.45) is 2.37. The van der Waals surface area contributed by atoms with E-state index in [2.05, 4.69) is 26.2 Å². The predicted octanol–water partition coefficient (Wildman–Crippen LogP) is 2.93. The molecule has 6 heteroatoms. The van der Waals surface area contributed by atoms with E-state index in [1.807, 2.05) is 18.2 Å². The second-order valence-electron chi connectivity index (χ2n) is 4.50. The van der Waals surface area contributed by atoms with Gasteiger partial charge in [0.25, 0.3) is 0 Å². The molecule has 5 nitrogen and oxygen atoms in total. The Morgan fingerprint density at radius 3 is 3.00 bits per heavy atom. The summed E-state index contributed by atoms with van der Waals surface area (Å²) >= 11 is 3.45. The van der Waals surface area contributed by atoms with E-state index in [0.717, 1.165) is 27.5 Å². The summed E-state index contributed by atoms with van der Waals surface area (Å²) in [5.41, 5.74) is 7.53. The maximum atomic E-state index is 12.1. The average Bonchev–Trinajstić information content (AvgIpc) is 2.47. The number of nitrogens with two attached hydrogens (primary N) is 1. The summed E-state index contributed by atoms with van der Waals surface area (Å²) in [7, 11) is 0. The van der Waals surface area contributed by atoms with Crippen LogP contribution in [0.25, 0.3) is 10.9 Å². The fourth-order valence-corrected chi connectivity index (χ4v) is 2.40. The standard InChI is InChI=1S/C15H18BrN3O2/c1-2-21-15(20)12-9-19-13-5-4-10(16)8-11(13)14(12)18-7-3-6-17/h4-5,8-9H,2-3,6-7,17H2,1H3,(H,18,19). The third kappa shape index (κ3) is 3.71. The lowest BCUT2D eigenvalue weighted by Crippen LogP contribution is -2.14. The lowest BCUT2D eigenvalue weighted by molar-refractivity contribution is 0.0527. The Kier molecular flexibility index (Phi) is 5.52. The van der Waals surface area contributed by atoms with Crippen LogP contribution in [0.4, 0.5) is 5.69 Å². The highest BCUT2D eigenvalue weighted by atomic mass is 79.9. The zero-order valence-electron chi connectivity index (χ0n) is 11.9. The first-order valence-corrected chi connectivity index (χ1v) is 7.66. The largest absolute Gasteiger partial charge is 0.462 e. The van der Waals surface area contributed by atoms with Gasteiger partial charge in [0.1, 0.15) is 5.56 Å². The third-order valence-electron chi connectivity index (χ3n) is 3.01. The van der Waals surface area contributed by atoms with Gasteiger partial charge in [-0.3, -0.25) is 4.98 Å². The molecule has 0 unspecified atom stereocenters. The van der Waals surface area contributed by atoms with Crippen molar-refractivity contribution in [1.29, 1.82) is 0 Å². The molecule has 3 N–H and O–H groups in total. The zero-order valence-corrected chi connectivity index (χ0v) is 13.4. The van der Waals surface area contributed by atoms with E-state index < -0.39 is 0 Å². The van der Waals surface area contributed by atoms with Gasteiger partial charge in [0.15, 0.2) is 0 Å². The van der Waals surface area contributed by atoms with Gasteiger partial charge in [-0.05, 0) is 38.1 Å². The Morgan fingerprint density at radius 2 is 2.29 bits per heavy atom. The van der Waals surface area contributed by atoms with Gasteiger partial charge in [-0.2, -0.15) is 0 Å². The first kappa shape index (κ1) is 15.7. The van der Waals surface area contributed by atoms with Crippen molar-refractivity contribution in [3.63, 3.8) is 0 Å². The molecule has 0 aliphatic carbocycles. The predicted molar refractivity (Wildman–Crippen MR) is 87.6 cm³/mol. The lowest BCUT2D eigenvalue weighted by Gasteiger charge is -2.14. The van der Waals surface area contributed by atoms with E-state index in [1.165, 1.54) is 0 Å². The van der Waals surface area contributed by atoms with Crippen LogP contribution in [0.2, 0.25) is 0 Å². The van der Waals surface area contributed by atoms with Crippen molar-refractivity contribution in [3.05, 3.63) is 34.4 Å². The summed E-state index contributed by atoms with van der Waals surface area (Å²) in [4.78, 5) is 16.4. The van der Waals surface area contributed by atoms with Gasteiger partial charge >= 0.3 is 5.97 Å². The van der Waals surface area contributed by atoms with E-state index in [-0.39, 0.29) is 5.97 Å². The SMILES string of the molecule is CCOC(=O)c1cnc2ccc(Br)cc2c1NCCCN. The van der Waals surface area contributed by atoms with Crippen LogP contribution in [-0.2, 0) is 4.74 Å². The Hall–Kier alpha value is -1.66. The van der Waals surface area contributed by atoms with Crippen LogP contribution >= 0.6 is 15.9 Å². The third-order valence-corrected chi connectivity index (χ3v) is 3.50. The molecule has 0 aliphatic heterocycles. The molecule has 0 spiro atoms. The second-order valence-corrected chi connectivity index (χ2v) is 5.41. The molecule has 0 saturated heterocycles. The number of fused-ring (bicyclic) bond motifs is 1. The summed E-state index contributed by atoms with van der Waals surface area (Å²) in [6, 6.07) is 5.77. The molecule has 0 bridgehead atoms. The smallest absolute Gasteiger partial charge is 0.341 e. The van der Waals surface area contributed by atoms with Crippen molar-refractivity contribution in [3.8, 4) is 0 Å². The summed E-state index contributed by atoms with van der Waals surface area (Å²) in [6.45, 7) is 3.39. The Bertz CT molecular complexity index is 646. The molecular formula is C15H18BrN3O2. The van der Waals surface area contributed by atoms with E-state index in [9.17, 15) is 4.79 Å². The van der Waals surface area contributed by atoms with Gasteiger partial charge in [0, 0.05) is 22.6 Å². The average molecular weight is 352 g/mol. The number of hydrogen-bond donors (Lipinski definition) is 2. The summed E-state index contributed by atoms with van der Waals surface area (Å²) < 4.78 is 6.03. The highest BCUT2D eigenvalue weighted by molar-refractivity contribution is 9.10. The van der Waals surface area contributed by atoms with Crippen LogP contribution in [0.5, 0.6) is 0 Å². The van der Waals surface area contributed by atoms with Crippen LogP contribution in [0, 0.1) is 0 Å². The highest BCUT2D eigenvalue weighted by Gasteiger charge is 2.16. The Balaban J connectivity index is 2.50. The number of aromatic nitrogens is 1.